The van der Waals surface area contributed by atoms with Crippen LogP contribution in [0.25, 0.3) is 0 Å². The molecule has 0 saturated heterocycles. The van der Waals surface area contributed by atoms with E-state index in [1.54, 1.807) is 24.3 Å². The summed E-state index contributed by atoms with van der Waals surface area (Å²) in [7, 11) is 0. The molecule has 22 heavy (non-hydrogen) atoms. The summed E-state index contributed by atoms with van der Waals surface area (Å²) in [4.78, 5) is 16.2. The zero-order valence-corrected chi connectivity index (χ0v) is 13.1. The average Bonchev–Trinajstić information content (AvgIpc) is 2.49. The van der Waals surface area contributed by atoms with Crippen LogP contribution in [-0.4, -0.2) is 22.1 Å². The molecule has 1 amide bonds. The molecule has 2 aromatic rings. The van der Waals surface area contributed by atoms with Crippen LogP contribution in [0.4, 0.5) is 5.69 Å². The Morgan fingerprint density at radius 3 is 2.82 bits per heavy atom. The lowest BCUT2D eigenvalue weighted by atomic mass is 10.2. The number of benzene rings is 1. The number of hydrogen-bond acceptors (Lipinski definition) is 4. The molecule has 6 heteroatoms. The molecule has 5 nitrogen and oxygen atoms in total. The van der Waals surface area contributed by atoms with E-state index in [0.717, 1.165) is 5.56 Å². The second-order valence-electron chi connectivity index (χ2n) is 4.99. The molecule has 0 spiro atoms. The van der Waals surface area contributed by atoms with Crippen molar-refractivity contribution in [3.05, 3.63) is 52.7 Å². The first-order valence-corrected chi connectivity index (χ1v) is 7.20. The van der Waals surface area contributed by atoms with Gasteiger partial charge in [-0.15, -0.1) is 0 Å². The third kappa shape index (κ3) is 4.19. The Hall–Kier alpha value is -2.11. The largest absolute Gasteiger partial charge is 0.474 e. The fourth-order valence-corrected chi connectivity index (χ4v) is 2.02. The predicted molar refractivity (Wildman–Crippen MR) is 85.3 cm³/mol. The van der Waals surface area contributed by atoms with Crippen LogP contribution >= 0.6 is 11.6 Å². The molecule has 0 atom stereocenters. The Labute approximate surface area is 133 Å². The number of hydrogen-bond donors (Lipinski definition) is 2. The maximum atomic E-state index is 12.2. The highest BCUT2D eigenvalue weighted by molar-refractivity contribution is 6.32. The van der Waals surface area contributed by atoms with E-state index < -0.39 is 0 Å². The molecule has 1 aromatic carbocycles. The van der Waals surface area contributed by atoms with Crippen molar-refractivity contribution in [3.8, 4) is 5.88 Å². The van der Waals surface area contributed by atoms with Gasteiger partial charge in [0.15, 0.2) is 0 Å². The van der Waals surface area contributed by atoms with E-state index in [-0.39, 0.29) is 23.6 Å². The molecule has 1 heterocycles. The topological polar surface area (TPSA) is 71.5 Å². The lowest BCUT2D eigenvalue weighted by Gasteiger charge is -2.11. The number of nitrogens with zero attached hydrogens (tertiary/aromatic N) is 1. The van der Waals surface area contributed by atoms with Crippen LogP contribution in [0.1, 0.15) is 29.8 Å². The molecule has 0 bridgehead atoms. The van der Waals surface area contributed by atoms with Crippen molar-refractivity contribution in [2.45, 2.75) is 26.6 Å². The fourth-order valence-electron chi connectivity index (χ4n) is 1.81. The lowest BCUT2D eigenvalue weighted by molar-refractivity contribution is 0.102. The Morgan fingerprint density at radius 2 is 2.18 bits per heavy atom. The van der Waals surface area contributed by atoms with Gasteiger partial charge in [0.25, 0.3) is 5.91 Å². The molecule has 0 aliphatic rings. The van der Waals surface area contributed by atoms with Crippen molar-refractivity contribution < 1.29 is 14.6 Å². The Morgan fingerprint density at radius 1 is 1.41 bits per heavy atom. The summed E-state index contributed by atoms with van der Waals surface area (Å²) in [6.07, 6.45) is 1.36. The van der Waals surface area contributed by atoms with Crippen molar-refractivity contribution >= 4 is 23.2 Å². The monoisotopic (exact) mass is 320 g/mol. The summed E-state index contributed by atoms with van der Waals surface area (Å²) < 4.78 is 5.43. The number of aromatic nitrogens is 1. The van der Waals surface area contributed by atoms with Crippen LogP contribution in [0, 0.1) is 0 Å². The highest BCUT2D eigenvalue weighted by atomic mass is 35.5. The molecule has 0 saturated carbocycles. The van der Waals surface area contributed by atoms with Crippen LogP contribution in [0.15, 0.2) is 36.5 Å². The normalized spacial score (nSPS) is 10.6. The molecular formula is C16H17ClN2O3. The van der Waals surface area contributed by atoms with Gasteiger partial charge < -0.3 is 15.2 Å². The van der Waals surface area contributed by atoms with Gasteiger partial charge in [0.1, 0.15) is 5.02 Å². The SMILES string of the molecule is CC(C)Oc1ncc(C(=O)Nc2cccc(CO)c2)cc1Cl. The molecule has 0 aliphatic carbocycles. The quantitative estimate of drug-likeness (QED) is 0.887. The van der Waals surface area contributed by atoms with Crippen LogP contribution in [0.2, 0.25) is 5.02 Å². The number of halogens is 1. The molecular weight excluding hydrogens is 304 g/mol. The Kier molecular flexibility index (Phi) is 5.35. The first kappa shape index (κ1) is 16.3. The minimum atomic E-state index is -0.333. The van der Waals surface area contributed by atoms with Gasteiger partial charge in [-0.05, 0) is 37.6 Å². The van der Waals surface area contributed by atoms with Gasteiger partial charge in [-0.25, -0.2) is 4.98 Å². The van der Waals surface area contributed by atoms with Crippen molar-refractivity contribution in [1.82, 2.24) is 4.98 Å². The number of amides is 1. The second-order valence-corrected chi connectivity index (χ2v) is 5.40. The highest BCUT2D eigenvalue weighted by Gasteiger charge is 2.12. The van der Waals surface area contributed by atoms with E-state index >= 15 is 0 Å². The number of carbonyl (C=O) groups is 1. The fraction of sp³-hybridized carbons (Fsp3) is 0.250. The summed E-state index contributed by atoms with van der Waals surface area (Å²) in [6.45, 7) is 3.65. The van der Waals surface area contributed by atoms with E-state index in [1.165, 1.54) is 12.3 Å². The van der Waals surface area contributed by atoms with E-state index in [1.807, 2.05) is 13.8 Å². The minimum absolute atomic E-state index is 0.0501. The standard InChI is InChI=1S/C16H17ClN2O3/c1-10(2)22-16-14(17)7-12(8-18-16)15(21)19-13-5-3-4-11(6-13)9-20/h3-8,10,20H,9H2,1-2H3,(H,19,21). The first-order chi connectivity index (χ1) is 10.5. The highest BCUT2D eigenvalue weighted by Crippen LogP contribution is 2.24. The van der Waals surface area contributed by atoms with Gasteiger partial charge in [0, 0.05) is 11.9 Å². The van der Waals surface area contributed by atoms with Gasteiger partial charge in [-0.1, -0.05) is 23.7 Å². The summed E-state index contributed by atoms with van der Waals surface area (Å²) in [6, 6.07) is 8.47. The van der Waals surface area contributed by atoms with E-state index in [2.05, 4.69) is 10.3 Å². The zero-order chi connectivity index (χ0) is 16.1. The number of rotatable bonds is 5. The van der Waals surface area contributed by atoms with Crippen LogP contribution in [0.3, 0.4) is 0 Å². The molecule has 1 aromatic heterocycles. The van der Waals surface area contributed by atoms with Crippen molar-refractivity contribution in [2.75, 3.05) is 5.32 Å². The van der Waals surface area contributed by atoms with Crippen LogP contribution in [-0.2, 0) is 6.61 Å². The molecule has 0 unspecified atom stereocenters. The first-order valence-electron chi connectivity index (χ1n) is 6.83. The van der Waals surface area contributed by atoms with E-state index in [4.69, 9.17) is 21.4 Å². The van der Waals surface area contributed by atoms with Crippen molar-refractivity contribution in [1.29, 1.82) is 0 Å². The van der Waals surface area contributed by atoms with Gasteiger partial charge in [-0.2, -0.15) is 0 Å². The molecule has 116 valence electrons. The zero-order valence-electron chi connectivity index (χ0n) is 12.3. The Bertz CT molecular complexity index is 674. The second kappa shape index (κ2) is 7.24. The number of anilines is 1. The van der Waals surface area contributed by atoms with Gasteiger partial charge >= 0.3 is 0 Å². The van der Waals surface area contributed by atoms with Crippen molar-refractivity contribution in [2.24, 2.45) is 0 Å². The maximum Gasteiger partial charge on any atom is 0.257 e. The third-order valence-electron chi connectivity index (χ3n) is 2.78. The molecule has 0 fully saturated rings. The third-order valence-corrected chi connectivity index (χ3v) is 3.06. The average molecular weight is 321 g/mol. The van der Waals surface area contributed by atoms with E-state index in [0.29, 0.717) is 17.1 Å². The van der Waals surface area contributed by atoms with Crippen LogP contribution < -0.4 is 10.1 Å². The van der Waals surface area contributed by atoms with Gasteiger partial charge in [0.05, 0.1) is 18.3 Å². The van der Waals surface area contributed by atoms with Crippen LogP contribution in [0.5, 0.6) is 5.88 Å². The Balaban J connectivity index is 2.14. The van der Waals surface area contributed by atoms with E-state index in [9.17, 15) is 4.79 Å². The molecule has 2 rings (SSSR count). The smallest absolute Gasteiger partial charge is 0.257 e. The number of pyridine rings is 1. The van der Waals surface area contributed by atoms with Gasteiger partial charge in [0.2, 0.25) is 5.88 Å². The number of nitrogens with one attached hydrogen (secondary N) is 1. The van der Waals surface area contributed by atoms with Crippen molar-refractivity contribution in [3.63, 3.8) is 0 Å². The summed E-state index contributed by atoms with van der Waals surface area (Å²) >= 11 is 6.07. The molecule has 0 aliphatic heterocycles. The number of aliphatic hydroxyl groups excluding tert-OH is 1. The predicted octanol–water partition coefficient (Wildman–Crippen LogP) is 3.27. The summed E-state index contributed by atoms with van der Waals surface area (Å²) in [5.41, 5.74) is 1.64. The number of ether oxygens (including phenoxy) is 1. The number of aliphatic hydroxyl groups is 1. The minimum Gasteiger partial charge on any atom is -0.474 e. The lowest BCUT2D eigenvalue weighted by Crippen LogP contribution is -2.13. The molecule has 0 radical (unpaired) electrons. The molecule has 2 N–H and O–H groups in total. The number of carbonyl (C=O) groups excluding carboxylic acids is 1. The summed E-state index contributed by atoms with van der Waals surface area (Å²) in [5.74, 6) is -0.0314. The van der Waals surface area contributed by atoms with Gasteiger partial charge in [-0.3, -0.25) is 4.79 Å². The maximum absolute atomic E-state index is 12.2. The summed E-state index contributed by atoms with van der Waals surface area (Å²) in [5, 5.41) is 12.1.